The molecule has 1 aliphatic carbocycles. The molecule has 110 valence electrons. The van der Waals surface area contributed by atoms with E-state index in [2.05, 4.69) is 63.1 Å². The van der Waals surface area contributed by atoms with E-state index in [-0.39, 0.29) is 11.8 Å². The fourth-order valence-electron chi connectivity index (χ4n) is 2.18. The molecular weight excluding hydrogens is 368 g/mol. The van der Waals surface area contributed by atoms with Gasteiger partial charge in [-0.1, -0.05) is 19.1 Å². The fraction of sp³-hybridized carbons (Fsp3) is 0.333. The van der Waals surface area contributed by atoms with E-state index in [1.165, 1.54) is 16.4 Å². The van der Waals surface area contributed by atoms with Crippen LogP contribution in [-0.2, 0) is 4.79 Å². The molecule has 1 aliphatic rings. The highest BCUT2D eigenvalue weighted by molar-refractivity contribution is 9.10. The van der Waals surface area contributed by atoms with E-state index >= 15 is 0 Å². The van der Waals surface area contributed by atoms with Gasteiger partial charge in [-0.05, 0) is 58.2 Å². The van der Waals surface area contributed by atoms with Gasteiger partial charge in [0.2, 0.25) is 5.91 Å². The molecule has 1 fully saturated rings. The van der Waals surface area contributed by atoms with Gasteiger partial charge in [-0.25, -0.2) is 0 Å². The number of anilines is 1. The predicted molar refractivity (Wildman–Crippen MR) is 92.9 cm³/mol. The Balaban J connectivity index is 1.79. The van der Waals surface area contributed by atoms with Gasteiger partial charge in [0.15, 0.2) is 0 Å². The molecule has 2 atom stereocenters. The van der Waals surface area contributed by atoms with Crippen LogP contribution in [0.15, 0.2) is 33.6 Å². The van der Waals surface area contributed by atoms with E-state index in [1.54, 1.807) is 11.8 Å². The first kappa shape index (κ1) is 15.1. The van der Waals surface area contributed by atoms with E-state index in [0.717, 1.165) is 27.2 Å². The minimum Gasteiger partial charge on any atom is -0.315 e. The van der Waals surface area contributed by atoms with Crippen molar-refractivity contribution in [2.24, 2.45) is 11.8 Å². The summed E-state index contributed by atoms with van der Waals surface area (Å²) in [5.41, 5.74) is 1.93. The zero-order valence-electron chi connectivity index (χ0n) is 11.7. The highest BCUT2D eigenvalue weighted by Gasteiger charge is 2.39. The molecule has 1 heterocycles. The number of rotatable bonds is 4. The molecule has 0 radical (unpaired) electrons. The number of hydrogen-bond acceptors (Lipinski definition) is 4. The molecule has 3 rings (SSSR count). The third-order valence-corrected chi connectivity index (χ3v) is 6.22. The van der Waals surface area contributed by atoms with Crippen LogP contribution in [0.2, 0.25) is 0 Å². The van der Waals surface area contributed by atoms with Gasteiger partial charge in [0.05, 0.1) is 4.47 Å². The average molecular weight is 383 g/mol. The van der Waals surface area contributed by atoms with Crippen molar-refractivity contribution in [3.05, 3.63) is 28.7 Å². The second-order valence-electron chi connectivity index (χ2n) is 5.21. The van der Waals surface area contributed by atoms with Gasteiger partial charge in [0.25, 0.3) is 0 Å². The lowest BCUT2D eigenvalue weighted by atomic mass is 10.1. The number of nitrogens with one attached hydrogen (secondary N) is 1. The zero-order valence-corrected chi connectivity index (χ0v) is 14.9. The topological polar surface area (TPSA) is 42.0 Å². The van der Waals surface area contributed by atoms with Gasteiger partial charge in [-0.2, -0.15) is 4.37 Å². The summed E-state index contributed by atoms with van der Waals surface area (Å²) in [6, 6.07) is 8.27. The van der Waals surface area contributed by atoms with Gasteiger partial charge < -0.3 is 5.32 Å². The summed E-state index contributed by atoms with van der Waals surface area (Å²) in [6.45, 7) is 2.10. The quantitative estimate of drug-likeness (QED) is 0.765. The van der Waals surface area contributed by atoms with E-state index in [0.29, 0.717) is 5.92 Å². The number of benzene rings is 1. The number of hydrogen-bond donors (Lipinski definition) is 1. The Morgan fingerprint density at radius 1 is 1.43 bits per heavy atom. The summed E-state index contributed by atoms with van der Waals surface area (Å²) in [5.74, 6) is 0.787. The van der Waals surface area contributed by atoms with Gasteiger partial charge in [-0.15, -0.1) is 11.8 Å². The van der Waals surface area contributed by atoms with Crippen molar-refractivity contribution >= 4 is 50.1 Å². The molecule has 0 aliphatic heterocycles. The summed E-state index contributed by atoms with van der Waals surface area (Å²) in [4.78, 5) is 13.2. The monoisotopic (exact) mass is 382 g/mol. The highest BCUT2D eigenvalue weighted by atomic mass is 79.9. The van der Waals surface area contributed by atoms with Crippen LogP contribution in [-0.4, -0.2) is 16.5 Å². The Bertz CT molecular complexity index is 669. The molecule has 1 unspecified atom stereocenters. The average Bonchev–Trinajstić information content (AvgIpc) is 3.13. The molecule has 1 aromatic heterocycles. The first-order chi connectivity index (χ1) is 10.1. The summed E-state index contributed by atoms with van der Waals surface area (Å²) >= 11 is 6.60. The molecule has 2 aromatic rings. The molecule has 0 spiro atoms. The van der Waals surface area contributed by atoms with Gasteiger partial charge >= 0.3 is 0 Å². The van der Waals surface area contributed by atoms with Crippen molar-refractivity contribution in [1.82, 2.24) is 4.37 Å². The van der Waals surface area contributed by atoms with E-state index in [4.69, 9.17) is 0 Å². The predicted octanol–water partition coefficient (Wildman–Crippen LogP) is 4.89. The lowest BCUT2D eigenvalue weighted by Crippen LogP contribution is -2.13. The molecule has 0 saturated heterocycles. The van der Waals surface area contributed by atoms with Crippen molar-refractivity contribution in [1.29, 1.82) is 0 Å². The van der Waals surface area contributed by atoms with E-state index in [1.807, 2.05) is 0 Å². The number of carbonyl (C=O) groups excluding carboxylic acids is 1. The lowest BCUT2D eigenvalue weighted by molar-refractivity contribution is -0.117. The van der Waals surface area contributed by atoms with E-state index < -0.39 is 0 Å². The van der Waals surface area contributed by atoms with Crippen LogP contribution in [0.1, 0.15) is 13.3 Å². The van der Waals surface area contributed by atoms with Crippen LogP contribution in [0.3, 0.4) is 0 Å². The molecule has 1 amide bonds. The van der Waals surface area contributed by atoms with Gasteiger partial charge in [0, 0.05) is 16.4 Å². The van der Waals surface area contributed by atoms with Crippen molar-refractivity contribution in [3.63, 3.8) is 0 Å². The highest BCUT2D eigenvalue weighted by Crippen LogP contribution is 2.41. The molecule has 3 nitrogen and oxygen atoms in total. The SMILES string of the molecule is CSc1ccc(-c2nsc(NC(=O)[C@@H]3CC3C)c2Br)cc1. The number of nitrogens with zero attached hydrogens (tertiary/aromatic N) is 1. The van der Waals surface area contributed by atoms with Crippen molar-refractivity contribution in [2.45, 2.75) is 18.2 Å². The van der Waals surface area contributed by atoms with Crippen LogP contribution in [0, 0.1) is 11.8 Å². The molecular formula is C15H15BrN2OS2. The lowest BCUT2D eigenvalue weighted by Gasteiger charge is -2.03. The first-order valence-corrected chi connectivity index (χ1v) is 9.49. The summed E-state index contributed by atoms with van der Waals surface area (Å²) in [5, 5.41) is 3.78. The van der Waals surface area contributed by atoms with Crippen LogP contribution in [0.4, 0.5) is 5.00 Å². The zero-order chi connectivity index (χ0) is 15.0. The number of amides is 1. The standard InChI is InChI=1S/C15H15BrN2OS2/c1-8-7-11(8)14(19)17-15-12(16)13(18-21-15)9-3-5-10(20-2)6-4-9/h3-6,8,11H,7H2,1-2H3,(H,17,19)/t8?,11-/m1/s1. The maximum absolute atomic E-state index is 12.0. The number of carbonyl (C=O) groups is 1. The Morgan fingerprint density at radius 3 is 2.67 bits per heavy atom. The van der Waals surface area contributed by atoms with Crippen molar-refractivity contribution in [3.8, 4) is 11.3 Å². The van der Waals surface area contributed by atoms with Gasteiger partial charge in [-0.3, -0.25) is 4.79 Å². The Hall–Kier alpha value is -0.850. The molecule has 21 heavy (non-hydrogen) atoms. The third kappa shape index (κ3) is 3.17. The maximum atomic E-state index is 12.0. The first-order valence-electron chi connectivity index (χ1n) is 6.70. The normalized spacial score (nSPS) is 20.3. The number of halogens is 1. The molecule has 6 heteroatoms. The molecule has 0 bridgehead atoms. The van der Waals surface area contributed by atoms with Crippen molar-refractivity contribution < 1.29 is 4.79 Å². The molecule has 1 saturated carbocycles. The third-order valence-electron chi connectivity index (χ3n) is 3.68. The molecule has 1 N–H and O–H groups in total. The Kier molecular flexibility index (Phi) is 4.38. The Labute approximate surface area is 140 Å². The summed E-state index contributed by atoms with van der Waals surface area (Å²) in [7, 11) is 0. The van der Waals surface area contributed by atoms with E-state index in [9.17, 15) is 4.79 Å². The summed E-state index contributed by atoms with van der Waals surface area (Å²) < 4.78 is 5.33. The smallest absolute Gasteiger partial charge is 0.228 e. The van der Waals surface area contributed by atoms with Crippen LogP contribution >= 0.6 is 39.2 Å². The minimum atomic E-state index is 0.108. The van der Waals surface area contributed by atoms with Crippen LogP contribution < -0.4 is 5.32 Å². The van der Waals surface area contributed by atoms with Crippen molar-refractivity contribution in [2.75, 3.05) is 11.6 Å². The van der Waals surface area contributed by atoms with Crippen LogP contribution in [0.25, 0.3) is 11.3 Å². The second kappa shape index (κ2) is 6.10. The number of aromatic nitrogens is 1. The number of thioether (sulfide) groups is 1. The second-order valence-corrected chi connectivity index (χ2v) is 7.66. The maximum Gasteiger partial charge on any atom is 0.228 e. The summed E-state index contributed by atoms with van der Waals surface area (Å²) in [6.07, 6.45) is 3.05. The van der Waals surface area contributed by atoms with Gasteiger partial charge in [0.1, 0.15) is 10.7 Å². The largest absolute Gasteiger partial charge is 0.315 e. The minimum absolute atomic E-state index is 0.108. The van der Waals surface area contributed by atoms with Crippen LogP contribution in [0.5, 0.6) is 0 Å². The molecule has 1 aromatic carbocycles. The fourth-order valence-corrected chi connectivity index (χ4v) is 4.04. The Morgan fingerprint density at radius 2 is 2.10 bits per heavy atom.